The summed E-state index contributed by atoms with van der Waals surface area (Å²) in [5.41, 5.74) is 0. The van der Waals surface area contributed by atoms with Crippen LogP contribution in [0.4, 0.5) is 0 Å². The fourth-order valence-corrected chi connectivity index (χ4v) is 17.7. The van der Waals surface area contributed by atoms with Crippen molar-refractivity contribution in [3.63, 3.8) is 0 Å². The molecule has 137 heavy (non-hydrogen) atoms. The molecule has 11 rings (SSSR count). The van der Waals surface area contributed by atoms with Crippen molar-refractivity contribution in [3.8, 4) is 0 Å². The summed E-state index contributed by atoms with van der Waals surface area (Å²) in [4.78, 5) is 64.8. The number of hydrogen-bond donors (Lipinski definition) is 35. The van der Waals surface area contributed by atoms with E-state index >= 15 is 0 Å². The van der Waals surface area contributed by atoms with E-state index in [2.05, 4.69) is 26.6 Å². The van der Waals surface area contributed by atoms with Crippen molar-refractivity contribution in [2.24, 2.45) is 0 Å². The molecule has 1 unspecified atom stereocenters. The fourth-order valence-electron chi connectivity index (χ4n) is 17.7. The van der Waals surface area contributed by atoms with Gasteiger partial charge in [-0.25, -0.2) is 0 Å². The van der Waals surface area contributed by atoms with Crippen LogP contribution < -0.4 is 26.6 Å². The standard InChI is InChI=1S/C76H127N5O56/c1-17(91)77-33-44(102)58(26(10-86)119-66(33)116)130-68-35(79-19(3)93)46(104)62(30(14-90)125-68)134-74-57(115)63(135-76-65(52(110)41(99)25(9-85)123-76)137-70-37(81-21(5)95)48(106)61(29(13-89)127-70)133-73-56(114)51(109)40(98)24(8-84)122-73)43(101)32(128-74)16-118-75-64(136-69-36(80-20(4)94)47(105)60(28(12-88)126-69)132-72-55(113)50(108)39(97)23(7-83)121-72)53(111)42(100)31(129-75)15-117-67-34(78-18(2)92)45(103)59(27(11-87)124-67)131-71-54(112)49(107)38(96)22(6-82)120-71/h22-76,82-90,96-116H,6-16H2,1-5H3,(H,77,91)(H,78,92)(H,79,93)(H,80,94)(H,81,95)/t22-,23-,24-,25-,26-,27-,28-,29-,30-,31-,32-,33-,34-,35-,36-,37-,38+,39+,40+,41-,42-,43-,44-,45-,46-,47-,48-,49+,50+,51+,52+,53+,54-,55-,56-,57+,58-,59-,60-,61-,62-,63+,64+,65+,66?,67-,68+,69+,70+,71+,72+,73+,74+,75+,76-/m1/s1. The van der Waals surface area contributed by atoms with Gasteiger partial charge in [-0.15, -0.1) is 0 Å². The second-order valence-electron chi connectivity index (χ2n) is 34.6. The Morgan fingerprint density at radius 3 is 0.730 bits per heavy atom. The van der Waals surface area contributed by atoms with Gasteiger partial charge in [0.2, 0.25) is 29.5 Å². The highest BCUT2D eigenvalue weighted by molar-refractivity contribution is 5.75. The second kappa shape index (κ2) is 49.5. The molecule has 0 bridgehead atoms. The average Bonchev–Trinajstić information content (AvgIpc) is 0.760. The van der Waals surface area contributed by atoms with Crippen LogP contribution in [0.2, 0.25) is 0 Å². The quantitative estimate of drug-likeness (QED) is 0.0277. The summed E-state index contributed by atoms with van der Waals surface area (Å²) in [6.45, 7) is -8.00. The maximum absolute atomic E-state index is 13.2. The first-order chi connectivity index (χ1) is 64.8. The van der Waals surface area contributed by atoms with Gasteiger partial charge in [-0.3, -0.25) is 24.0 Å². The van der Waals surface area contributed by atoms with E-state index in [9.17, 15) is 177 Å². The minimum absolute atomic E-state index is 0.827. The number of carbonyl (C=O) groups is 5. The van der Waals surface area contributed by atoms with Crippen molar-refractivity contribution in [2.45, 2.75) is 372 Å². The smallest absolute Gasteiger partial charge is 0.217 e. The van der Waals surface area contributed by atoms with Crippen molar-refractivity contribution in [2.75, 3.05) is 72.7 Å². The SMILES string of the molecule is CC(=O)N[C@H]1[C@H](O[C@H]2[C@H](O)[C@@H](NC(C)=O)C(O)O[C@@H]2CO)O[C@H](CO)[C@@H](O[C@@H]2O[C@H](CO[C@H]3O[C@H](CO[C@@H]4O[C@H](CO)[C@@H](O[C@@H]5O[C@H](CO)[C@H](O)[C@H](O)[C@H]5O)[C@H](O)[C@H]4NC(C)=O)[C@@H](O)[C@H](O)[C@@H]3O[C@@H]3O[C@H](CO)[C@@H](O[C@@H]4O[C@H](CO)[C@H](O)[C@H](O)[C@H]4O)[C@H](O)[C@H]3NC(C)=O)[C@@H](O)[C@H](O[C@H]3O[C@H](CO)[C@@H](O)[C@H](O)[C@@H]3O[C@@H]3O[C@H](CO)[C@@H](O[C@@H]4O[C@H](CO)[C@H](O)[C@H](O)[C@H]4O)[C@H](O)[C@H]3NC(C)=O)[C@@H]2O)[C@@H]1O. The van der Waals surface area contributed by atoms with Crippen LogP contribution in [0.1, 0.15) is 34.6 Å². The molecule has 0 aromatic rings. The highest BCUT2D eigenvalue weighted by atomic mass is 16.8. The topological polar surface area (TPSA) is 946 Å². The molecule has 61 heteroatoms. The predicted molar refractivity (Wildman–Crippen MR) is 420 cm³/mol. The molecule has 35 N–H and O–H groups in total. The van der Waals surface area contributed by atoms with E-state index in [1.165, 1.54) is 0 Å². The molecule has 11 saturated heterocycles. The van der Waals surface area contributed by atoms with Gasteiger partial charge < -0.3 is 279 Å². The van der Waals surface area contributed by atoms with Crippen LogP contribution in [-0.4, -0.2) is 593 Å². The Balaban J connectivity index is 0.964. The third-order valence-corrected chi connectivity index (χ3v) is 25.0. The van der Waals surface area contributed by atoms with Crippen molar-refractivity contribution in [1.29, 1.82) is 0 Å². The first-order valence-electron chi connectivity index (χ1n) is 43.6. The first kappa shape index (κ1) is 113. The lowest BCUT2D eigenvalue weighted by atomic mass is 9.93. The first-order valence-corrected chi connectivity index (χ1v) is 43.6. The van der Waals surface area contributed by atoms with Gasteiger partial charge in [0, 0.05) is 34.6 Å². The predicted octanol–water partition coefficient (Wildman–Crippen LogP) is -24.3. The molecule has 11 heterocycles. The molecule has 0 aromatic heterocycles. The lowest BCUT2D eigenvalue weighted by Gasteiger charge is -2.51. The number of carbonyl (C=O) groups excluding carboxylic acids is 5. The van der Waals surface area contributed by atoms with Crippen molar-refractivity contribution in [3.05, 3.63) is 0 Å². The summed E-state index contributed by atoms with van der Waals surface area (Å²) in [7, 11) is 0. The Bertz CT molecular complexity index is 3780. The Labute approximate surface area is 775 Å². The van der Waals surface area contributed by atoms with Crippen LogP contribution in [0.3, 0.4) is 0 Å². The van der Waals surface area contributed by atoms with Gasteiger partial charge in [-0.1, -0.05) is 0 Å². The summed E-state index contributed by atoms with van der Waals surface area (Å²) in [5.74, 6) is -4.80. The highest BCUT2D eigenvalue weighted by Gasteiger charge is 2.63. The van der Waals surface area contributed by atoms with Crippen LogP contribution >= 0.6 is 0 Å². The van der Waals surface area contributed by atoms with Gasteiger partial charge in [-0.2, -0.15) is 0 Å². The second-order valence-corrected chi connectivity index (χ2v) is 34.6. The highest BCUT2D eigenvalue weighted by Crippen LogP contribution is 2.42. The van der Waals surface area contributed by atoms with E-state index < -0.39 is 440 Å². The van der Waals surface area contributed by atoms with Crippen LogP contribution in [0.5, 0.6) is 0 Å². The number of ether oxygens (including phenoxy) is 21. The van der Waals surface area contributed by atoms with Crippen molar-refractivity contribution >= 4 is 29.5 Å². The van der Waals surface area contributed by atoms with Crippen LogP contribution in [0, 0.1) is 0 Å². The minimum Gasteiger partial charge on any atom is -0.394 e. The Hall–Kier alpha value is -4.69. The van der Waals surface area contributed by atoms with E-state index in [1.54, 1.807) is 0 Å². The molecule has 0 aliphatic carbocycles. The maximum atomic E-state index is 13.2. The van der Waals surface area contributed by atoms with Gasteiger partial charge in [0.25, 0.3) is 0 Å². The van der Waals surface area contributed by atoms with Gasteiger partial charge in [-0.05, 0) is 0 Å². The molecule has 11 fully saturated rings. The molecule has 792 valence electrons. The molecule has 55 atom stereocenters. The molecule has 0 radical (unpaired) electrons. The van der Waals surface area contributed by atoms with Crippen LogP contribution in [-0.2, 0) is 123 Å². The number of aliphatic hydroxyl groups is 30. The molecule has 0 spiro atoms. The summed E-state index contributed by atoms with van der Waals surface area (Å²) in [6.07, 6.45) is -108. The Morgan fingerprint density at radius 1 is 0.190 bits per heavy atom. The van der Waals surface area contributed by atoms with Gasteiger partial charge >= 0.3 is 0 Å². The maximum Gasteiger partial charge on any atom is 0.217 e. The zero-order valence-electron chi connectivity index (χ0n) is 73.6. The summed E-state index contributed by atoms with van der Waals surface area (Å²) in [6, 6.07) is -9.68. The Kier molecular flexibility index (Phi) is 40.7. The lowest BCUT2D eigenvalue weighted by Crippen LogP contribution is -2.71. The fraction of sp³-hybridized carbons (Fsp3) is 0.934. The molecule has 11 aliphatic rings. The summed E-state index contributed by atoms with van der Waals surface area (Å²) >= 11 is 0. The van der Waals surface area contributed by atoms with E-state index in [1.807, 2.05) is 0 Å². The number of rotatable bonds is 36. The van der Waals surface area contributed by atoms with Gasteiger partial charge in [0.15, 0.2) is 69.2 Å². The molecule has 61 nitrogen and oxygen atoms in total. The molecular weight excluding hydrogens is 1880 g/mol. The molecule has 0 saturated carbocycles. The third-order valence-electron chi connectivity index (χ3n) is 25.0. The molecular formula is C76H127N5O56. The largest absolute Gasteiger partial charge is 0.394 e. The number of hydrogen-bond acceptors (Lipinski definition) is 56. The zero-order chi connectivity index (χ0) is 101. The molecule has 0 aromatic carbocycles. The van der Waals surface area contributed by atoms with E-state index in [-0.39, 0.29) is 0 Å². The molecule has 5 amide bonds. The zero-order valence-corrected chi connectivity index (χ0v) is 73.6. The van der Waals surface area contributed by atoms with E-state index in [4.69, 9.17) is 99.5 Å². The van der Waals surface area contributed by atoms with E-state index in [0.29, 0.717) is 0 Å². The third kappa shape index (κ3) is 25.2. The number of aliphatic hydroxyl groups excluding tert-OH is 30. The summed E-state index contributed by atoms with van der Waals surface area (Å²) in [5, 5.41) is 349. The van der Waals surface area contributed by atoms with Gasteiger partial charge in [0.05, 0.1) is 72.7 Å². The average molecular weight is 2010 g/mol. The number of nitrogens with one attached hydrogen (secondary N) is 5. The summed E-state index contributed by atoms with van der Waals surface area (Å²) < 4.78 is 126. The van der Waals surface area contributed by atoms with Gasteiger partial charge in [0.1, 0.15) is 268 Å². The van der Waals surface area contributed by atoms with Crippen molar-refractivity contribution < 1.29 is 277 Å². The van der Waals surface area contributed by atoms with E-state index in [0.717, 1.165) is 34.6 Å². The number of amides is 5. The monoisotopic (exact) mass is 2010 g/mol. The normalized spacial score (nSPS) is 48.9. The Morgan fingerprint density at radius 2 is 0.401 bits per heavy atom. The lowest BCUT2D eigenvalue weighted by molar-refractivity contribution is -0.399. The van der Waals surface area contributed by atoms with Crippen LogP contribution in [0.25, 0.3) is 0 Å². The van der Waals surface area contributed by atoms with Crippen LogP contribution in [0.15, 0.2) is 0 Å². The minimum atomic E-state index is -2.70. The molecule has 11 aliphatic heterocycles. The van der Waals surface area contributed by atoms with Crippen molar-refractivity contribution in [1.82, 2.24) is 26.6 Å².